The molecule has 0 heterocycles. The van der Waals surface area contributed by atoms with E-state index in [0.29, 0.717) is 12.1 Å². The first-order chi connectivity index (χ1) is 9.61. The molecule has 0 saturated heterocycles. The highest BCUT2D eigenvalue weighted by Crippen LogP contribution is 2.34. The Morgan fingerprint density at radius 3 is 2.75 bits per heavy atom. The van der Waals surface area contributed by atoms with E-state index in [1.165, 1.54) is 24.1 Å². The zero-order valence-corrected chi connectivity index (χ0v) is 14.2. The van der Waals surface area contributed by atoms with Crippen LogP contribution in [0.25, 0.3) is 0 Å². The zero-order chi connectivity index (χ0) is 14.5. The summed E-state index contributed by atoms with van der Waals surface area (Å²) >= 11 is 3.59. The van der Waals surface area contributed by atoms with Gasteiger partial charge in [-0.25, -0.2) is 0 Å². The number of ether oxygens (including phenoxy) is 1. The van der Waals surface area contributed by atoms with Crippen molar-refractivity contribution in [1.29, 1.82) is 0 Å². The maximum atomic E-state index is 5.27. The number of hydrogen-bond donors (Lipinski definition) is 1. The molecular formula is C16H25BrN2O. The first-order valence-corrected chi connectivity index (χ1v) is 8.18. The third kappa shape index (κ3) is 4.47. The number of anilines is 1. The lowest BCUT2D eigenvalue weighted by Crippen LogP contribution is -2.31. The average molecular weight is 341 g/mol. The zero-order valence-electron chi connectivity index (χ0n) is 12.7. The number of nitrogens with zero attached hydrogens (tertiary/aromatic N) is 1. The normalized spacial score (nSPS) is 14.8. The van der Waals surface area contributed by atoms with Gasteiger partial charge in [0, 0.05) is 42.4 Å². The predicted octanol–water partition coefficient (Wildman–Crippen LogP) is 3.56. The molecule has 1 aromatic carbocycles. The number of halogens is 1. The van der Waals surface area contributed by atoms with Crippen molar-refractivity contribution in [2.24, 2.45) is 0 Å². The Balaban J connectivity index is 2.18. The largest absolute Gasteiger partial charge is 0.383 e. The number of nitrogens with one attached hydrogen (secondary N) is 1. The quantitative estimate of drug-likeness (QED) is 0.782. The van der Waals surface area contributed by atoms with E-state index in [0.717, 1.165) is 24.2 Å². The number of benzene rings is 1. The first-order valence-electron chi connectivity index (χ1n) is 7.39. The summed E-state index contributed by atoms with van der Waals surface area (Å²) in [5, 5.41) is 3.52. The molecule has 0 amide bonds. The number of methoxy groups -OCH3 is 1. The Kier molecular flexibility index (Phi) is 5.87. The van der Waals surface area contributed by atoms with E-state index in [1.54, 1.807) is 7.11 Å². The van der Waals surface area contributed by atoms with Crippen molar-refractivity contribution < 1.29 is 4.74 Å². The van der Waals surface area contributed by atoms with Crippen LogP contribution in [0.3, 0.4) is 0 Å². The molecule has 0 atom stereocenters. The van der Waals surface area contributed by atoms with Crippen LogP contribution in [0, 0.1) is 0 Å². The fourth-order valence-corrected chi connectivity index (χ4v) is 2.77. The van der Waals surface area contributed by atoms with Crippen LogP contribution in [0.4, 0.5) is 5.69 Å². The monoisotopic (exact) mass is 340 g/mol. The Labute approximate surface area is 130 Å². The number of hydrogen-bond acceptors (Lipinski definition) is 3. The van der Waals surface area contributed by atoms with E-state index in [1.807, 2.05) is 0 Å². The van der Waals surface area contributed by atoms with E-state index in [2.05, 4.69) is 58.2 Å². The van der Waals surface area contributed by atoms with Crippen molar-refractivity contribution in [3.05, 3.63) is 28.2 Å². The van der Waals surface area contributed by atoms with E-state index in [4.69, 9.17) is 4.74 Å². The van der Waals surface area contributed by atoms with Gasteiger partial charge in [0.15, 0.2) is 0 Å². The maximum Gasteiger partial charge on any atom is 0.0637 e. The van der Waals surface area contributed by atoms with Crippen molar-refractivity contribution >= 4 is 21.6 Å². The summed E-state index contributed by atoms with van der Waals surface area (Å²) in [6.07, 6.45) is 2.60. The lowest BCUT2D eigenvalue weighted by Gasteiger charge is -2.27. The molecule has 1 aromatic rings. The molecule has 112 valence electrons. The van der Waals surface area contributed by atoms with Gasteiger partial charge in [-0.05, 0) is 36.6 Å². The Morgan fingerprint density at radius 2 is 2.15 bits per heavy atom. The predicted molar refractivity (Wildman–Crippen MR) is 88.4 cm³/mol. The minimum Gasteiger partial charge on any atom is -0.383 e. The van der Waals surface area contributed by atoms with Gasteiger partial charge in [0.2, 0.25) is 0 Å². The van der Waals surface area contributed by atoms with Gasteiger partial charge in [-0.3, -0.25) is 0 Å². The summed E-state index contributed by atoms with van der Waals surface area (Å²) in [7, 11) is 1.77. The fourth-order valence-electron chi connectivity index (χ4n) is 2.37. The highest BCUT2D eigenvalue weighted by molar-refractivity contribution is 9.10. The van der Waals surface area contributed by atoms with Gasteiger partial charge in [-0.2, -0.15) is 0 Å². The van der Waals surface area contributed by atoms with Gasteiger partial charge in [-0.1, -0.05) is 29.8 Å². The molecule has 20 heavy (non-hydrogen) atoms. The van der Waals surface area contributed by atoms with Crippen molar-refractivity contribution in [3.63, 3.8) is 0 Å². The third-order valence-electron chi connectivity index (χ3n) is 3.58. The lowest BCUT2D eigenvalue weighted by atomic mass is 10.1. The van der Waals surface area contributed by atoms with Gasteiger partial charge in [0.1, 0.15) is 0 Å². The summed E-state index contributed by atoms with van der Waals surface area (Å²) in [5.41, 5.74) is 2.71. The van der Waals surface area contributed by atoms with E-state index in [9.17, 15) is 0 Å². The second kappa shape index (κ2) is 7.43. The van der Waals surface area contributed by atoms with Gasteiger partial charge >= 0.3 is 0 Å². The second-order valence-electron chi connectivity index (χ2n) is 5.73. The molecule has 1 fully saturated rings. The van der Waals surface area contributed by atoms with Crippen LogP contribution in [-0.2, 0) is 11.3 Å². The summed E-state index contributed by atoms with van der Waals surface area (Å²) in [4.78, 5) is 2.51. The fraction of sp³-hybridized carbons (Fsp3) is 0.625. The van der Waals surface area contributed by atoms with Crippen molar-refractivity contribution in [1.82, 2.24) is 5.32 Å². The summed E-state index contributed by atoms with van der Waals surface area (Å²) < 4.78 is 6.41. The van der Waals surface area contributed by atoms with Crippen LogP contribution < -0.4 is 10.2 Å². The molecule has 0 spiro atoms. The molecule has 0 aromatic heterocycles. The molecule has 0 radical (unpaired) electrons. The molecule has 0 bridgehead atoms. The average Bonchev–Trinajstić information content (AvgIpc) is 3.23. The first kappa shape index (κ1) is 15.8. The van der Waals surface area contributed by atoms with Crippen LogP contribution in [0.5, 0.6) is 0 Å². The third-order valence-corrected chi connectivity index (χ3v) is 4.07. The van der Waals surface area contributed by atoms with Crippen molar-refractivity contribution in [2.75, 3.05) is 25.2 Å². The van der Waals surface area contributed by atoms with Crippen molar-refractivity contribution in [2.45, 2.75) is 45.3 Å². The van der Waals surface area contributed by atoms with Crippen LogP contribution >= 0.6 is 15.9 Å². The second-order valence-corrected chi connectivity index (χ2v) is 6.64. The standard InChI is InChI=1S/C16H25BrN2O/c1-12(2)18-11-13-10-14(17)4-7-16(13)19(8-9-20-3)15-5-6-15/h4,7,10,12,15,18H,5-6,8-9,11H2,1-3H3. The number of rotatable bonds is 8. The SMILES string of the molecule is COCCN(c1ccc(Br)cc1CNC(C)C)C1CC1. The van der Waals surface area contributed by atoms with Crippen LogP contribution in [0.15, 0.2) is 22.7 Å². The molecule has 1 N–H and O–H groups in total. The molecule has 0 aliphatic heterocycles. The highest BCUT2D eigenvalue weighted by atomic mass is 79.9. The molecule has 3 nitrogen and oxygen atoms in total. The molecule has 2 rings (SSSR count). The van der Waals surface area contributed by atoms with E-state index < -0.39 is 0 Å². The molecule has 1 aliphatic carbocycles. The minimum absolute atomic E-state index is 0.496. The molecular weight excluding hydrogens is 316 g/mol. The molecule has 0 unspecified atom stereocenters. The van der Waals surface area contributed by atoms with E-state index in [-0.39, 0.29) is 0 Å². The van der Waals surface area contributed by atoms with Crippen molar-refractivity contribution in [3.8, 4) is 0 Å². The van der Waals surface area contributed by atoms with Gasteiger partial charge in [-0.15, -0.1) is 0 Å². The van der Waals surface area contributed by atoms with Crippen LogP contribution in [0.1, 0.15) is 32.3 Å². The Morgan fingerprint density at radius 1 is 1.40 bits per heavy atom. The van der Waals surface area contributed by atoms with Crippen LogP contribution in [-0.4, -0.2) is 32.3 Å². The molecule has 1 aliphatic rings. The summed E-state index contributed by atoms with van der Waals surface area (Å²) in [5.74, 6) is 0. The van der Waals surface area contributed by atoms with E-state index >= 15 is 0 Å². The highest BCUT2D eigenvalue weighted by Gasteiger charge is 2.30. The summed E-state index contributed by atoms with van der Waals surface area (Å²) in [6.45, 7) is 7.02. The molecule has 1 saturated carbocycles. The van der Waals surface area contributed by atoms with Gasteiger partial charge in [0.05, 0.1) is 6.61 Å². The smallest absolute Gasteiger partial charge is 0.0637 e. The summed E-state index contributed by atoms with van der Waals surface area (Å²) in [6, 6.07) is 7.79. The Bertz CT molecular complexity index is 432. The van der Waals surface area contributed by atoms with Gasteiger partial charge < -0.3 is 15.0 Å². The Hall–Kier alpha value is -0.580. The van der Waals surface area contributed by atoms with Crippen LogP contribution in [0.2, 0.25) is 0 Å². The maximum absolute atomic E-state index is 5.27. The minimum atomic E-state index is 0.496. The molecule has 4 heteroatoms. The van der Waals surface area contributed by atoms with Gasteiger partial charge in [0.25, 0.3) is 0 Å². The topological polar surface area (TPSA) is 24.5 Å². The lowest BCUT2D eigenvalue weighted by molar-refractivity contribution is 0.205.